The Morgan fingerprint density at radius 3 is 2.32 bits per heavy atom. The quantitative estimate of drug-likeness (QED) is 0.294. The Morgan fingerprint density at radius 2 is 1.73 bits per heavy atom. The largest absolute Gasteiger partial charge is 0.447 e. The molecule has 37 heavy (non-hydrogen) atoms. The van der Waals surface area contributed by atoms with Gasteiger partial charge in [-0.25, -0.2) is 9.67 Å². The number of aromatic nitrogens is 4. The third-order valence-electron chi connectivity index (χ3n) is 6.17. The molecule has 1 saturated carbocycles. The summed E-state index contributed by atoms with van der Waals surface area (Å²) in [7, 11) is 0. The second-order valence-corrected chi connectivity index (χ2v) is 9.43. The summed E-state index contributed by atoms with van der Waals surface area (Å²) in [4.78, 5) is 23.2. The molecule has 0 bridgehead atoms. The Labute approximate surface area is 218 Å². The van der Waals surface area contributed by atoms with Crippen LogP contribution in [0.4, 0.5) is 5.82 Å². The predicted octanol–water partition coefficient (Wildman–Crippen LogP) is 6.34. The van der Waals surface area contributed by atoms with Crippen LogP contribution in [-0.4, -0.2) is 51.8 Å². The minimum Gasteiger partial charge on any atom is -0.447 e. The van der Waals surface area contributed by atoms with Crippen LogP contribution in [0.2, 0.25) is 0 Å². The summed E-state index contributed by atoms with van der Waals surface area (Å²) in [5, 5.41) is 4.45. The number of hydrogen-bond donors (Lipinski definition) is 0. The molecule has 2 fully saturated rings. The summed E-state index contributed by atoms with van der Waals surface area (Å²) in [6.07, 6.45) is 9.37. The number of anilines is 1. The fourth-order valence-electron chi connectivity index (χ4n) is 3.91. The van der Waals surface area contributed by atoms with E-state index in [2.05, 4.69) is 35.8 Å². The van der Waals surface area contributed by atoms with Gasteiger partial charge in [-0.2, -0.15) is 10.1 Å². The van der Waals surface area contributed by atoms with E-state index >= 15 is 0 Å². The number of furan rings is 1. The zero-order valence-corrected chi connectivity index (χ0v) is 22.3. The van der Waals surface area contributed by atoms with E-state index in [1.165, 1.54) is 32.6 Å². The Hall–Kier alpha value is -3.52. The van der Waals surface area contributed by atoms with Crippen LogP contribution in [0.1, 0.15) is 63.9 Å². The number of rotatable bonds is 5. The van der Waals surface area contributed by atoms with Gasteiger partial charge < -0.3 is 14.1 Å². The molecule has 0 unspecified atom stereocenters. The van der Waals surface area contributed by atoms with Crippen LogP contribution in [0.5, 0.6) is 0 Å². The molecule has 0 N–H and O–H groups in total. The number of hydrogen-bond acceptors (Lipinski definition) is 7. The molecule has 4 aromatic rings. The van der Waals surface area contributed by atoms with Gasteiger partial charge in [-0.15, -0.1) is 0 Å². The Kier molecular flexibility index (Phi) is 9.06. The molecule has 8 nitrogen and oxygen atoms in total. The van der Waals surface area contributed by atoms with Crippen LogP contribution in [0.3, 0.4) is 0 Å². The van der Waals surface area contributed by atoms with Crippen LogP contribution in [0, 0.1) is 5.92 Å². The number of ether oxygens (including phenoxy) is 1. The molecule has 0 amide bonds. The van der Waals surface area contributed by atoms with Gasteiger partial charge in [-0.3, -0.25) is 4.79 Å². The Bertz CT molecular complexity index is 1290. The summed E-state index contributed by atoms with van der Waals surface area (Å²) in [6.45, 7) is 10.6. The van der Waals surface area contributed by atoms with E-state index in [-0.39, 0.29) is 11.5 Å². The highest BCUT2D eigenvalue weighted by Gasteiger charge is 2.22. The normalized spacial score (nSPS) is 15.0. The molecule has 0 radical (unpaired) electrons. The average Bonchev–Trinajstić information content (AvgIpc) is 3.46. The van der Waals surface area contributed by atoms with Gasteiger partial charge in [0.05, 0.1) is 19.4 Å². The van der Waals surface area contributed by atoms with Gasteiger partial charge in [-0.05, 0) is 11.5 Å². The highest BCUT2D eigenvalue weighted by Crippen LogP contribution is 2.31. The van der Waals surface area contributed by atoms with Crippen LogP contribution in [0.15, 0.2) is 53.2 Å². The first-order valence-electron chi connectivity index (χ1n) is 13.3. The number of Topliss-reactive ketones (excluding diaryl/α,β-unsaturated/α-hetero) is 1. The van der Waals surface area contributed by atoms with E-state index < -0.39 is 0 Å². The van der Waals surface area contributed by atoms with Crippen molar-refractivity contribution in [1.29, 1.82) is 0 Å². The zero-order chi connectivity index (χ0) is 26.2. The Balaban J connectivity index is 0.000000347. The maximum absolute atomic E-state index is 11.8. The molecular weight excluding hydrogens is 466 g/mol. The van der Waals surface area contributed by atoms with Gasteiger partial charge in [-0.1, -0.05) is 76.8 Å². The highest BCUT2D eigenvalue weighted by atomic mass is 16.5. The lowest BCUT2D eigenvalue weighted by atomic mass is 10.1. The molecule has 196 valence electrons. The van der Waals surface area contributed by atoms with Crippen molar-refractivity contribution in [3.63, 3.8) is 0 Å². The monoisotopic (exact) mass is 503 g/mol. The van der Waals surface area contributed by atoms with Crippen molar-refractivity contribution in [3.8, 4) is 17.1 Å². The molecule has 8 heteroatoms. The fraction of sp³-hybridized carbons (Fsp3) is 0.448. The van der Waals surface area contributed by atoms with Crippen molar-refractivity contribution in [2.75, 3.05) is 31.2 Å². The summed E-state index contributed by atoms with van der Waals surface area (Å²) in [5.41, 5.74) is 3.13. The first kappa shape index (κ1) is 26.5. The fourth-order valence-corrected chi connectivity index (χ4v) is 3.91. The van der Waals surface area contributed by atoms with Gasteiger partial charge in [0.1, 0.15) is 5.52 Å². The predicted molar refractivity (Wildman–Crippen MR) is 146 cm³/mol. The van der Waals surface area contributed by atoms with E-state index in [4.69, 9.17) is 14.1 Å². The summed E-state index contributed by atoms with van der Waals surface area (Å²) in [5.74, 6) is 2.33. The van der Waals surface area contributed by atoms with E-state index in [1.807, 2.05) is 36.5 Å². The molecule has 0 spiro atoms. The lowest BCUT2D eigenvalue weighted by Crippen LogP contribution is -2.37. The number of fused-ring (bicyclic) bond motifs is 1. The highest BCUT2D eigenvalue weighted by molar-refractivity contribution is 5.97. The number of morpholine rings is 1. The molecule has 0 atom stereocenters. The third kappa shape index (κ3) is 6.83. The second-order valence-electron chi connectivity index (χ2n) is 9.43. The molecule has 6 rings (SSSR count). The SMILES string of the molecule is CC(=O)c1cc2nc(-n3cc(-c4ccccc4)cn3)nc(N3CCOCC3)c2o1.CCC.CCC1CC1. The van der Waals surface area contributed by atoms with Crippen molar-refractivity contribution >= 4 is 22.7 Å². The van der Waals surface area contributed by atoms with Crippen molar-refractivity contribution < 1.29 is 13.9 Å². The molecular formula is C29H37N5O3. The second kappa shape index (κ2) is 12.6. The van der Waals surface area contributed by atoms with Crippen LogP contribution >= 0.6 is 0 Å². The molecule has 1 aliphatic heterocycles. The maximum Gasteiger partial charge on any atom is 0.253 e. The molecule has 2 aliphatic rings. The van der Waals surface area contributed by atoms with Crippen molar-refractivity contribution in [2.24, 2.45) is 5.92 Å². The topological polar surface area (TPSA) is 86.3 Å². The smallest absolute Gasteiger partial charge is 0.253 e. The van der Waals surface area contributed by atoms with Crippen molar-refractivity contribution in [2.45, 2.75) is 53.4 Å². The minimum absolute atomic E-state index is 0.150. The third-order valence-corrected chi connectivity index (χ3v) is 6.17. The van der Waals surface area contributed by atoms with Gasteiger partial charge in [0, 0.05) is 37.8 Å². The molecule has 1 aromatic carbocycles. The lowest BCUT2D eigenvalue weighted by Gasteiger charge is -2.27. The van der Waals surface area contributed by atoms with E-state index in [0.29, 0.717) is 49.2 Å². The standard InChI is InChI=1S/C21H19N5O3.C5H10.C3H8/c1-14(27)18-11-17-19(29-18)20(25-7-9-28-10-8-25)24-21(23-17)26-13-16(12-22-26)15-5-3-2-4-6-15;1-2-5-3-4-5;1-3-2/h2-6,11-13H,7-10H2,1H3;5H,2-4H2,1H3;3H2,1-2H3. The van der Waals surface area contributed by atoms with E-state index in [9.17, 15) is 4.79 Å². The average molecular weight is 504 g/mol. The lowest BCUT2D eigenvalue weighted by molar-refractivity contribution is 0.0989. The molecule has 1 saturated heterocycles. The zero-order valence-electron chi connectivity index (χ0n) is 22.3. The van der Waals surface area contributed by atoms with Crippen LogP contribution < -0.4 is 4.90 Å². The van der Waals surface area contributed by atoms with Crippen LogP contribution in [-0.2, 0) is 4.74 Å². The summed E-state index contributed by atoms with van der Waals surface area (Å²) < 4.78 is 12.9. The van der Waals surface area contributed by atoms with Gasteiger partial charge >= 0.3 is 0 Å². The Morgan fingerprint density at radius 1 is 1.03 bits per heavy atom. The number of ketones is 1. The first-order valence-corrected chi connectivity index (χ1v) is 13.3. The minimum atomic E-state index is -0.150. The molecule has 4 heterocycles. The van der Waals surface area contributed by atoms with Crippen molar-refractivity contribution in [3.05, 3.63) is 54.6 Å². The number of carbonyl (C=O) groups excluding carboxylic acids is 1. The van der Waals surface area contributed by atoms with E-state index in [1.54, 1.807) is 16.9 Å². The number of nitrogens with zero attached hydrogens (tertiary/aromatic N) is 5. The van der Waals surface area contributed by atoms with Gasteiger partial charge in [0.15, 0.2) is 22.9 Å². The van der Waals surface area contributed by atoms with Crippen LogP contribution in [0.25, 0.3) is 28.2 Å². The maximum atomic E-state index is 11.8. The summed E-state index contributed by atoms with van der Waals surface area (Å²) in [6, 6.07) is 11.7. The van der Waals surface area contributed by atoms with Gasteiger partial charge in [0.25, 0.3) is 5.95 Å². The first-order chi connectivity index (χ1) is 18.0. The molecule has 1 aliphatic carbocycles. The number of carbonyl (C=O) groups is 1. The summed E-state index contributed by atoms with van der Waals surface area (Å²) >= 11 is 0. The van der Waals surface area contributed by atoms with Gasteiger partial charge in [0.2, 0.25) is 0 Å². The number of benzene rings is 1. The van der Waals surface area contributed by atoms with Crippen molar-refractivity contribution in [1.82, 2.24) is 19.7 Å². The van der Waals surface area contributed by atoms with E-state index in [0.717, 1.165) is 17.0 Å². The molecule has 3 aromatic heterocycles.